The van der Waals surface area contributed by atoms with E-state index >= 15 is 0 Å². The van der Waals surface area contributed by atoms with Crippen molar-refractivity contribution in [3.8, 4) is 0 Å². The van der Waals surface area contributed by atoms with Gasteiger partial charge in [-0.25, -0.2) is 13.9 Å². The average Bonchev–Trinajstić information content (AvgIpc) is 2.59. The van der Waals surface area contributed by atoms with Crippen molar-refractivity contribution in [3.63, 3.8) is 0 Å². The van der Waals surface area contributed by atoms with Gasteiger partial charge in [0.2, 0.25) is 0 Å². The van der Waals surface area contributed by atoms with Crippen LogP contribution in [0.1, 0.15) is 13.2 Å². The molecule has 5 N–H and O–H groups in total. The maximum Gasteiger partial charge on any atom is 0.469 e. The highest BCUT2D eigenvalue weighted by Crippen LogP contribution is 2.41. The molecule has 4 atom stereocenters. The molecule has 11 nitrogen and oxygen atoms in total. The lowest BCUT2D eigenvalue weighted by Crippen LogP contribution is -2.49. The summed E-state index contributed by atoms with van der Waals surface area (Å²) in [5.74, 6) is 0. The lowest BCUT2D eigenvalue weighted by Gasteiger charge is -2.26. The summed E-state index contributed by atoms with van der Waals surface area (Å²) in [5.41, 5.74) is -3.71. The normalized spacial score (nSPS) is 32.3. The number of nitrogens with zero attached hydrogens (tertiary/aromatic N) is 1. The highest BCUT2D eigenvalue weighted by atomic mass is 31.2. The third-order valence-electron chi connectivity index (χ3n) is 3.29. The summed E-state index contributed by atoms with van der Waals surface area (Å²) >= 11 is 0. The number of nitrogens with one attached hydrogen (secondary N) is 1. The van der Waals surface area contributed by atoms with E-state index in [1.807, 2.05) is 0 Å². The van der Waals surface area contributed by atoms with Crippen molar-refractivity contribution in [2.24, 2.45) is 0 Å². The minimum absolute atomic E-state index is 0.556. The molecule has 124 valence electrons. The van der Waals surface area contributed by atoms with Gasteiger partial charge in [0.15, 0.2) is 6.23 Å². The van der Waals surface area contributed by atoms with E-state index in [1.54, 1.807) is 0 Å². The number of aliphatic hydroxyl groups excluding tert-OH is 1. The van der Waals surface area contributed by atoms with Crippen LogP contribution in [0.2, 0.25) is 0 Å². The number of aromatic amines is 1. The zero-order chi connectivity index (χ0) is 16.7. The maximum absolute atomic E-state index is 11.8. The van der Waals surface area contributed by atoms with Crippen molar-refractivity contribution in [2.45, 2.75) is 31.0 Å². The molecule has 0 unspecified atom stereocenters. The molecule has 12 heteroatoms. The Balaban J connectivity index is 2.33. The fraction of sp³-hybridized carbons (Fsp3) is 0.600. The first-order valence-electron chi connectivity index (χ1n) is 6.10. The number of phosphoric acid groups is 1. The first-order valence-corrected chi connectivity index (χ1v) is 7.63. The molecule has 1 fully saturated rings. The van der Waals surface area contributed by atoms with Crippen LogP contribution in [-0.4, -0.2) is 54.0 Å². The Labute approximate surface area is 123 Å². The largest absolute Gasteiger partial charge is 0.469 e. The van der Waals surface area contributed by atoms with Crippen LogP contribution in [0.4, 0.5) is 0 Å². The van der Waals surface area contributed by atoms with Gasteiger partial charge in [0.25, 0.3) is 5.56 Å². The molecule has 0 aromatic carbocycles. The van der Waals surface area contributed by atoms with Gasteiger partial charge in [0.1, 0.15) is 17.8 Å². The standard InChI is InChI=1S/C10H15N2O9P/c1-10(16)7(14)5(4-20-22(17,18)19)21-8(10)12-6(13)2-3-11-9(12)15/h2-3,5,7-8,14,16H,4H2,1H3,(H,11,15)(H2,17,18,19)/t5-,7-,8-,10-/m1/s1. The van der Waals surface area contributed by atoms with Crippen molar-refractivity contribution in [1.29, 1.82) is 0 Å². The number of phosphoric ester groups is 1. The smallest absolute Gasteiger partial charge is 0.387 e. The molecule has 22 heavy (non-hydrogen) atoms. The fourth-order valence-electron chi connectivity index (χ4n) is 2.18. The highest BCUT2D eigenvalue weighted by molar-refractivity contribution is 7.46. The second kappa shape index (κ2) is 5.70. The topological polar surface area (TPSA) is 171 Å². The van der Waals surface area contributed by atoms with E-state index in [1.165, 1.54) is 0 Å². The van der Waals surface area contributed by atoms with Crippen molar-refractivity contribution >= 4 is 7.82 Å². The average molecular weight is 338 g/mol. The van der Waals surface area contributed by atoms with Gasteiger partial charge in [-0.05, 0) is 6.92 Å². The molecule has 0 aliphatic carbocycles. The van der Waals surface area contributed by atoms with Crippen LogP contribution in [-0.2, 0) is 13.8 Å². The Hall–Kier alpha value is -1.33. The maximum atomic E-state index is 11.8. The molecule has 0 radical (unpaired) electrons. The Morgan fingerprint density at radius 1 is 1.50 bits per heavy atom. The van der Waals surface area contributed by atoms with Crippen LogP contribution in [0.3, 0.4) is 0 Å². The zero-order valence-electron chi connectivity index (χ0n) is 11.3. The first-order chi connectivity index (χ1) is 10.0. The first kappa shape index (κ1) is 17.0. The Kier molecular flexibility index (Phi) is 4.42. The van der Waals surface area contributed by atoms with Crippen LogP contribution < -0.4 is 11.2 Å². The third kappa shape index (κ3) is 3.20. The van der Waals surface area contributed by atoms with Crippen molar-refractivity contribution in [2.75, 3.05) is 6.61 Å². The summed E-state index contributed by atoms with van der Waals surface area (Å²) < 4.78 is 20.7. The molecule has 0 spiro atoms. The second-order valence-corrected chi connectivity index (χ2v) is 6.21. The molecule has 0 saturated carbocycles. The minimum atomic E-state index is -4.81. The molecule has 1 aromatic heterocycles. The molecule has 1 aliphatic rings. The van der Waals surface area contributed by atoms with Crippen molar-refractivity contribution < 1.29 is 33.8 Å². The summed E-state index contributed by atoms with van der Waals surface area (Å²) in [5, 5.41) is 20.3. The number of hydrogen-bond acceptors (Lipinski definition) is 7. The van der Waals surface area contributed by atoms with E-state index in [4.69, 9.17) is 14.5 Å². The van der Waals surface area contributed by atoms with E-state index in [2.05, 4.69) is 9.51 Å². The Morgan fingerprint density at radius 3 is 2.68 bits per heavy atom. The van der Waals surface area contributed by atoms with E-state index in [-0.39, 0.29) is 0 Å². The van der Waals surface area contributed by atoms with E-state index in [0.29, 0.717) is 4.57 Å². The van der Waals surface area contributed by atoms with Gasteiger partial charge in [-0.15, -0.1) is 0 Å². The highest BCUT2D eigenvalue weighted by Gasteiger charge is 2.54. The number of hydrogen-bond donors (Lipinski definition) is 5. The number of rotatable bonds is 4. The van der Waals surface area contributed by atoms with Gasteiger partial charge < -0.3 is 29.7 Å². The number of ether oxygens (including phenoxy) is 1. The van der Waals surface area contributed by atoms with Gasteiger partial charge >= 0.3 is 13.5 Å². The van der Waals surface area contributed by atoms with Crippen LogP contribution in [0.15, 0.2) is 21.9 Å². The minimum Gasteiger partial charge on any atom is -0.387 e. The quantitative estimate of drug-likeness (QED) is 0.377. The second-order valence-electron chi connectivity index (χ2n) is 4.97. The Bertz CT molecular complexity index is 677. The summed E-state index contributed by atoms with van der Waals surface area (Å²) in [6.45, 7) is 0.385. The molecule has 1 aromatic rings. The van der Waals surface area contributed by atoms with Crippen LogP contribution in [0.5, 0.6) is 0 Å². The third-order valence-corrected chi connectivity index (χ3v) is 3.77. The lowest BCUT2D eigenvalue weighted by atomic mass is 9.96. The molecular weight excluding hydrogens is 323 g/mol. The van der Waals surface area contributed by atoms with Gasteiger partial charge in [-0.2, -0.15) is 0 Å². The molecule has 2 rings (SSSR count). The summed E-state index contributed by atoms with van der Waals surface area (Å²) in [4.78, 5) is 43.0. The molecule has 2 heterocycles. The number of H-pyrrole nitrogens is 1. The summed E-state index contributed by atoms with van der Waals surface area (Å²) in [6.07, 6.45) is -3.43. The molecule has 0 amide bonds. The number of aliphatic hydroxyl groups is 2. The zero-order valence-corrected chi connectivity index (χ0v) is 12.2. The van der Waals surface area contributed by atoms with Gasteiger partial charge in [0.05, 0.1) is 6.61 Å². The van der Waals surface area contributed by atoms with Gasteiger partial charge in [0, 0.05) is 12.3 Å². The van der Waals surface area contributed by atoms with Crippen LogP contribution >= 0.6 is 7.82 Å². The van der Waals surface area contributed by atoms with Crippen molar-refractivity contribution in [1.82, 2.24) is 9.55 Å². The molecule has 1 saturated heterocycles. The van der Waals surface area contributed by atoms with E-state index < -0.39 is 49.7 Å². The van der Waals surface area contributed by atoms with Gasteiger partial charge in [-0.3, -0.25) is 9.32 Å². The number of aromatic nitrogens is 2. The van der Waals surface area contributed by atoms with E-state index in [0.717, 1.165) is 19.2 Å². The predicted molar refractivity (Wildman–Crippen MR) is 69.9 cm³/mol. The molecule has 1 aliphatic heterocycles. The van der Waals surface area contributed by atoms with Crippen LogP contribution in [0, 0.1) is 0 Å². The molecule has 0 bridgehead atoms. The van der Waals surface area contributed by atoms with Gasteiger partial charge in [-0.1, -0.05) is 0 Å². The monoisotopic (exact) mass is 338 g/mol. The summed E-state index contributed by atoms with van der Waals surface area (Å²) in [7, 11) is -4.81. The Morgan fingerprint density at radius 2 is 2.14 bits per heavy atom. The fourth-order valence-corrected chi connectivity index (χ4v) is 2.52. The van der Waals surface area contributed by atoms with Crippen molar-refractivity contribution in [3.05, 3.63) is 33.1 Å². The lowest BCUT2D eigenvalue weighted by molar-refractivity contribution is -0.0999. The SMILES string of the molecule is C[C@@]1(O)[C@H](O)[C@@H](COP(=O)(O)O)O[C@H]1n1c(=O)cc[nH]c1=O. The summed E-state index contributed by atoms with van der Waals surface area (Å²) in [6, 6.07) is 1.02. The predicted octanol–water partition coefficient (Wildman–Crippen LogP) is -2.34. The van der Waals surface area contributed by atoms with E-state index in [9.17, 15) is 24.4 Å². The van der Waals surface area contributed by atoms with Crippen LogP contribution in [0.25, 0.3) is 0 Å². The molecular formula is C10H15N2O9P.